The van der Waals surface area contributed by atoms with Crippen molar-refractivity contribution in [2.45, 2.75) is 59.3 Å². The number of halogens is 1. The number of benzene rings is 1. The molecule has 0 unspecified atom stereocenters. The lowest BCUT2D eigenvalue weighted by Gasteiger charge is -2.14. The standard InChI is InChI=1S/C26H29FOS/c1-4-7-25(28)21-14-12-20(13-15-21)9-6-10-22-16-19(3)26(29-22)17-23-18(2)8-5-11-24(23)27/h6,8,10,12-16H,4-5,7,9,11,17H2,1-3H3/b10-6+. The average molecular weight is 409 g/mol. The first-order valence-electron chi connectivity index (χ1n) is 10.4. The molecular weight excluding hydrogens is 379 g/mol. The van der Waals surface area contributed by atoms with Gasteiger partial charge < -0.3 is 0 Å². The van der Waals surface area contributed by atoms with E-state index in [9.17, 15) is 9.18 Å². The Morgan fingerprint density at radius 3 is 2.66 bits per heavy atom. The van der Waals surface area contributed by atoms with E-state index in [4.69, 9.17) is 0 Å². The predicted molar refractivity (Wildman–Crippen MR) is 122 cm³/mol. The Hall–Kier alpha value is -2.26. The molecular formula is C26H29FOS. The molecule has 0 fully saturated rings. The Kier molecular flexibility index (Phi) is 7.38. The van der Waals surface area contributed by atoms with Crippen LogP contribution in [0.15, 0.2) is 59.5 Å². The van der Waals surface area contributed by atoms with Crippen LogP contribution in [0, 0.1) is 6.92 Å². The number of rotatable bonds is 8. The molecule has 152 valence electrons. The zero-order valence-corrected chi connectivity index (χ0v) is 18.4. The summed E-state index contributed by atoms with van der Waals surface area (Å²) < 4.78 is 14.2. The molecule has 3 rings (SSSR count). The largest absolute Gasteiger partial charge is 0.294 e. The second-order valence-electron chi connectivity index (χ2n) is 7.72. The summed E-state index contributed by atoms with van der Waals surface area (Å²) in [7, 11) is 0. The Morgan fingerprint density at radius 2 is 1.97 bits per heavy atom. The predicted octanol–water partition coefficient (Wildman–Crippen LogP) is 7.80. The minimum Gasteiger partial charge on any atom is -0.294 e. The summed E-state index contributed by atoms with van der Waals surface area (Å²) in [5.41, 5.74) is 5.17. The van der Waals surface area contributed by atoms with E-state index in [1.54, 1.807) is 11.3 Å². The van der Waals surface area contributed by atoms with Crippen molar-refractivity contribution in [2.75, 3.05) is 0 Å². The third kappa shape index (κ3) is 5.63. The number of thiophene rings is 1. The van der Waals surface area contributed by atoms with Crippen molar-refractivity contribution in [3.63, 3.8) is 0 Å². The molecule has 0 N–H and O–H groups in total. The van der Waals surface area contributed by atoms with Crippen molar-refractivity contribution in [3.8, 4) is 0 Å². The van der Waals surface area contributed by atoms with Crippen LogP contribution in [0.5, 0.6) is 0 Å². The van der Waals surface area contributed by atoms with E-state index in [2.05, 4.69) is 31.2 Å². The molecule has 0 aliphatic heterocycles. The molecule has 0 bridgehead atoms. The summed E-state index contributed by atoms with van der Waals surface area (Å²) in [5.74, 6) is 0.265. The lowest BCUT2D eigenvalue weighted by molar-refractivity contribution is 0.0981. The summed E-state index contributed by atoms with van der Waals surface area (Å²) in [6, 6.07) is 10.1. The highest BCUT2D eigenvalue weighted by molar-refractivity contribution is 7.13. The number of carbonyl (C=O) groups excluding carboxylic acids is 1. The van der Waals surface area contributed by atoms with Gasteiger partial charge in [0.05, 0.1) is 0 Å². The van der Waals surface area contributed by atoms with E-state index < -0.39 is 0 Å². The van der Waals surface area contributed by atoms with E-state index >= 15 is 0 Å². The molecule has 1 aromatic heterocycles. The van der Waals surface area contributed by atoms with E-state index in [0.717, 1.165) is 36.0 Å². The second-order valence-corrected chi connectivity index (χ2v) is 8.89. The number of hydrogen-bond donors (Lipinski definition) is 0. The van der Waals surface area contributed by atoms with Crippen molar-refractivity contribution >= 4 is 23.2 Å². The Labute approximate surface area is 177 Å². The molecule has 1 aliphatic carbocycles. The van der Waals surface area contributed by atoms with Gasteiger partial charge in [-0.3, -0.25) is 4.79 Å². The van der Waals surface area contributed by atoms with Crippen LogP contribution in [0.1, 0.15) is 70.8 Å². The Bertz CT molecular complexity index is 957. The van der Waals surface area contributed by atoms with E-state index in [0.29, 0.717) is 19.3 Å². The number of aryl methyl sites for hydroxylation is 1. The smallest absolute Gasteiger partial charge is 0.162 e. The van der Waals surface area contributed by atoms with Gasteiger partial charge in [0.25, 0.3) is 0 Å². The number of ketones is 1. The first-order chi connectivity index (χ1) is 14.0. The third-order valence-electron chi connectivity index (χ3n) is 5.38. The molecule has 1 aliphatic rings. The van der Waals surface area contributed by atoms with Crippen molar-refractivity contribution in [1.82, 2.24) is 0 Å². The molecule has 2 aromatic rings. The van der Waals surface area contributed by atoms with Crippen LogP contribution in [0.3, 0.4) is 0 Å². The van der Waals surface area contributed by atoms with Gasteiger partial charge in [0.1, 0.15) is 5.83 Å². The van der Waals surface area contributed by atoms with Crippen molar-refractivity contribution in [3.05, 3.63) is 85.9 Å². The van der Waals surface area contributed by atoms with Crippen LogP contribution in [0.2, 0.25) is 0 Å². The molecule has 0 radical (unpaired) electrons. The topological polar surface area (TPSA) is 17.1 Å². The Morgan fingerprint density at radius 1 is 1.21 bits per heavy atom. The van der Waals surface area contributed by atoms with Gasteiger partial charge in [-0.2, -0.15) is 0 Å². The van der Waals surface area contributed by atoms with Gasteiger partial charge >= 0.3 is 0 Å². The van der Waals surface area contributed by atoms with Crippen LogP contribution < -0.4 is 0 Å². The second kappa shape index (κ2) is 9.98. The van der Waals surface area contributed by atoms with E-state index in [1.165, 1.54) is 20.9 Å². The van der Waals surface area contributed by atoms with Crippen LogP contribution >= 0.6 is 11.3 Å². The summed E-state index contributed by atoms with van der Waals surface area (Å²) in [4.78, 5) is 14.4. The van der Waals surface area contributed by atoms with Gasteiger partial charge in [-0.15, -0.1) is 11.3 Å². The summed E-state index contributed by atoms with van der Waals surface area (Å²) in [6.45, 7) is 6.14. The van der Waals surface area contributed by atoms with Gasteiger partial charge in [0.2, 0.25) is 0 Å². The Balaban J connectivity index is 1.63. The number of hydrogen-bond acceptors (Lipinski definition) is 2. The maximum Gasteiger partial charge on any atom is 0.162 e. The summed E-state index contributed by atoms with van der Waals surface area (Å²) in [6.07, 6.45) is 10.8. The molecule has 0 atom stereocenters. The molecule has 0 amide bonds. The lowest BCUT2D eigenvalue weighted by Crippen LogP contribution is -1.99. The molecule has 1 heterocycles. The minimum absolute atomic E-state index is 0.0516. The average Bonchev–Trinajstić information content (AvgIpc) is 3.05. The zero-order chi connectivity index (χ0) is 20.8. The molecule has 1 aromatic carbocycles. The molecule has 3 heteroatoms. The maximum atomic E-state index is 14.2. The zero-order valence-electron chi connectivity index (χ0n) is 17.6. The third-order valence-corrected chi connectivity index (χ3v) is 6.59. The van der Waals surface area contributed by atoms with Gasteiger partial charge in [-0.1, -0.05) is 43.3 Å². The molecule has 29 heavy (non-hydrogen) atoms. The van der Waals surface area contributed by atoms with Crippen LogP contribution in [0.4, 0.5) is 4.39 Å². The van der Waals surface area contributed by atoms with Gasteiger partial charge in [-0.05, 0) is 67.5 Å². The monoisotopic (exact) mass is 408 g/mol. The minimum atomic E-state index is 0.0516. The number of Topliss-reactive ketones (excluding diaryl/α,β-unsaturated/α-hetero) is 1. The lowest BCUT2D eigenvalue weighted by atomic mass is 9.94. The highest BCUT2D eigenvalue weighted by Crippen LogP contribution is 2.33. The first kappa shape index (κ1) is 21.4. The summed E-state index contributed by atoms with van der Waals surface area (Å²) in [5, 5.41) is 0. The maximum absolute atomic E-state index is 14.2. The van der Waals surface area contributed by atoms with Crippen molar-refractivity contribution in [1.29, 1.82) is 0 Å². The number of allylic oxidation sites excluding steroid dienone is 5. The van der Waals surface area contributed by atoms with E-state index in [1.807, 2.05) is 38.1 Å². The fourth-order valence-electron chi connectivity index (χ4n) is 3.61. The SMILES string of the molecule is CCCC(=O)c1ccc(C/C=C/c2cc(C)c(CC3=C(F)CCC=C3C)s2)cc1. The normalized spacial score (nSPS) is 14.6. The van der Waals surface area contributed by atoms with E-state index in [-0.39, 0.29) is 11.6 Å². The highest BCUT2D eigenvalue weighted by atomic mass is 32.1. The van der Waals surface area contributed by atoms with Crippen LogP contribution in [-0.4, -0.2) is 5.78 Å². The molecule has 0 spiro atoms. The number of carbonyl (C=O) groups is 1. The fourth-order valence-corrected chi connectivity index (χ4v) is 4.73. The highest BCUT2D eigenvalue weighted by Gasteiger charge is 2.16. The van der Waals surface area contributed by atoms with Crippen molar-refractivity contribution < 1.29 is 9.18 Å². The first-order valence-corrected chi connectivity index (χ1v) is 11.2. The molecule has 0 saturated heterocycles. The van der Waals surface area contributed by atoms with Gasteiger partial charge in [0, 0.05) is 34.6 Å². The summed E-state index contributed by atoms with van der Waals surface area (Å²) >= 11 is 1.74. The van der Waals surface area contributed by atoms with Gasteiger partial charge in [-0.25, -0.2) is 4.39 Å². The van der Waals surface area contributed by atoms with Crippen LogP contribution in [-0.2, 0) is 12.8 Å². The van der Waals surface area contributed by atoms with Crippen molar-refractivity contribution in [2.24, 2.45) is 0 Å². The van der Waals surface area contributed by atoms with Crippen LogP contribution in [0.25, 0.3) is 6.08 Å². The fraction of sp³-hybridized carbons (Fsp3) is 0.346. The quantitative estimate of drug-likeness (QED) is 0.407. The molecule has 1 nitrogen and oxygen atoms in total. The molecule has 0 saturated carbocycles. The van der Waals surface area contributed by atoms with Gasteiger partial charge in [0.15, 0.2) is 5.78 Å².